The molecule has 4 N–H and O–H groups in total. The highest BCUT2D eigenvalue weighted by Gasteiger charge is 2.08. The Morgan fingerprint density at radius 1 is 1.14 bits per heavy atom. The molecule has 0 saturated carbocycles. The Labute approximate surface area is 117 Å². The van der Waals surface area contributed by atoms with Crippen LogP contribution in [0, 0.1) is 0 Å². The van der Waals surface area contributed by atoms with Gasteiger partial charge in [-0.2, -0.15) is 0 Å². The molecule has 1 amide bonds. The average Bonchev–Trinajstić information content (AvgIpc) is 2.37. The Hall–Kier alpha value is -3.16. The average molecular weight is 289 g/mol. The van der Waals surface area contributed by atoms with Gasteiger partial charge in [0.05, 0.1) is 12.0 Å². The van der Waals surface area contributed by atoms with Crippen LogP contribution in [0.15, 0.2) is 39.9 Å². The molecule has 0 aliphatic heterocycles. The van der Waals surface area contributed by atoms with Crippen LogP contribution in [0.5, 0.6) is 0 Å². The third-order valence-corrected chi connectivity index (χ3v) is 2.56. The van der Waals surface area contributed by atoms with E-state index in [2.05, 4.69) is 10.3 Å². The number of carboxylic acids is 1. The van der Waals surface area contributed by atoms with Crippen LogP contribution in [0.3, 0.4) is 0 Å². The number of hydrogen-bond donors (Lipinski definition) is 4. The summed E-state index contributed by atoms with van der Waals surface area (Å²) in [6.45, 7) is 0. The summed E-state index contributed by atoms with van der Waals surface area (Å²) in [6, 6.07) is 6.83. The lowest BCUT2D eigenvalue weighted by atomic mass is 10.2. The van der Waals surface area contributed by atoms with E-state index in [-0.39, 0.29) is 17.7 Å². The van der Waals surface area contributed by atoms with Crippen LogP contribution in [-0.4, -0.2) is 27.0 Å². The lowest BCUT2D eigenvalue weighted by Crippen LogP contribution is -2.25. The van der Waals surface area contributed by atoms with Crippen LogP contribution in [0.2, 0.25) is 0 Å². The first kappa shape index (κ1) is 14.3. The van der Waals surface area contributed by atoms with E-state index < -0.39 is 23.1 Å². The third kappa shape index (κ3) is 3.90. The van der Waals surface area contributed by atoms with E-state index in [1.54, 1.807) is 0 Å². The van der Waals surface area contributed by atoms with Crippen molar-refractivity contribution in [2.75, 3.05) is 5.32 Å². The molecule has 0 spiro atoms. The van der Waals surface area contributed by atoms with Gasteiger partial charge in [0, 0.05) is 17.4 Å². The highest BCUT2D eigenvalue weighted by Crippen LogP contribution is 2.10. The number of amides is 1. The molecule has 1 aromatic carbocycles. The van der Waals surface area contributed by atoms with E-state index in [9.17, 15) is 19.2 Å². The first-order valence-electron chi connectivity index (χ1n) is 5.90. The number of aromatic carboxylic acids is 1. The van der Waals surface area contributed by atoms with Crippen LogP contribution in [0.25, 0.3) is 0 Å². The molecule has 8 nitrogen and oxygen atoms in total. The van der Waals surface area contributed by atoms with Gasteiger partial charge in [-0.15, -0.1) is 0 Å². The summed E-state index contributed by atoms with van der Waals surface area (Å²) in [5, 5.41) is 11.3. The number of aromatic amines is 2. The van der Waals surface area contributed by atoms with Crippen LogP contribution in [0.1, 0.15) is 16.1 Å². The fourth-order valence-electron chi connectivity index (χ4n) is 1.72. The zero-order valence-electron chi connectivity index (χ0n) is 10.7. The molecule has 8 heteroatoms. The van der Waals surface area contributed by atoms with Crippen molar-refractivity contribution in [2.45, 2.75) is 6.42 Å². The quantitative estimate of drug-likeness (QED) is 0.626. The molecule has 0 aliphatic carbocycles. The Morgan fingerprint density at radius 2 is 1.90 bits per heavy atom. The van der Waals surface area contributed by atoms with Crippen LogP contribution >= 0.6 is 0 Å². The summed E-state index contributed by atoms with van der Waals surface area (Å²) >= 11 is 0. The molecule has 0 unspecified atom stereocenters. The van der Waals surface area contributed by atoms with E-state index in [0.29, 0.717) is 5.69 Å². The number of nitrogens with one attached hydrogen (secondary N) is 3. The first-order valence-corrected chi connectivity index (χ1v) is 5.90. The summed E-state index contributed by atoms with van der Waals surface area (Å²) < 4.78 is 0. The maximum Gasteiger partial charge on any atom is 0.335 e. The van der Waals surface area contributed by atoms with Crippen LogP contribution in [0.4, 0.5) is 5.69 Å². The van der Waals surface area contributed by atoms with Gasteiger partial charge < -0.3 is 15.4 Å². The molecule has 0 atom stereocenters. The van der Waals surface area contributed by atoms with Gasteiger partial charge in [-0.3, -0.25) is 14.6 Å². The lowest BCUT2D eigenvalue weighted by molar-refractivity contribution is -0.115. The molecule has 1 heterocycles. The van der Waals surface area contributed by atoms with Crippen LogP contribution < -0.4 is 16.6 Å². The fraction of sp³-hybridized carbons (Fsp3) is 0.0769. The van der Waals surface area contributed by atoms with Crippen molar-refractivity contribution in [3.63, 3.8) is 0 Å². The number of carboxylic acid groups (broad SMARTS) is 1. The zero-order valence-corrected chi connectivity index (χ0v) is 10.7. The van der Waals surface area contributed by atoms with E-state index in [0.717, 1.165) is 6.07 Å². The first-order chi connectivity index (χ1) is 9.94. The van der Waals surface area contributed by atoms with Crippen molar-refractivity contribution in [1.29, 1.82) is 0 Å². The second kappa shape index (κ2) is 5.87. The van der Waals surface area contributed by atoms with Gasteiger partial charge in [-0.1, -0.05) is 6.07 Å². The zero-order chi connectivity index (χ0) is 15.4. The molecule has 1 aromatic heterocycles. The second-order valence-electron chi connectivity index (χ2n) is 4.22. The van der Waals surface area contributed by atoms with Crippen molar-refractivity contribution in [3.05, 3.63) is 62.4 Å². The van der Waals surface area contributed by atoms with E-state index in [1.165, 1.54) is 24.3 Å². The summed E-state index contributed by atoms with van der Waals surface area (Å²) in [5.41, 5.74) is -0.785. The number of carbonyl (C=O) groups excluding carboxylic acids is 1. The number of carbonyl (C=O) groups is 2. The summed E-state index contributed by atoms with van der Waals surface area (Å²) in [7, 11) is 0. The summed E-state index contributed by atoms with van der Waals surface area (Å²) in [4.78, 5) is 49.1. The molecule has 0 saturated heterocycles. The van der Waals surface area contributed by atoms with Crippen molar-refractivity contribution in [3.8, 4) is 0 Å². The van der Waals surface area contributed by atoms with Gasteiger partial charge in [0.2, 0.25) is 5.91 Å². The Bertz CT molecular complexity index is 777. The molecule has 0 radical (unpaired) electrons. The monoisotopic (exact) mass is 289 g/mol. The Kier molecular flexibility index (Phi) is 3.98. The van der Waals surface area contributed by atoms with Crippen molar-refractivity contribution in [1.82, 2.24) is 9.97 Å². The molecule has 0 fully saturated rings. The van der Waals surface area contributed by atoms with E-state index >= 15 is 0 Å². The molecular weight excluding hydrogens is 278 g/mol. The van der Waals surface area contributed by atoms with Gasteiger partial charge in [0.25, 0.3) is 5.56 Å². The molecule has 0 aliphatic rings. The van der Waals surface area contributed by atoms with Crippen molar-refractivity contribution < 1.29 is 14.7 Å². The Morgan fingerprint density at radius 3 is 2.57 bits per heavy atom. The molecule has 108 valence electrons. The minimum atomic E-state index is -1.11. The third-order valence-electron chi connectivity index (χ3n) is 2.56. The molecule has 2 aromatic rings. The van der Waals surface area contributed by atoms with Gasteiger partial charge in [0.15, 0.2) is 0 Å². The van der Waals surface area contributed by atoms with Crippen LogP contribution in [-0.2, 0) is 11.2 Å². The van der Waals surface area contributed by atoms with E-state index in [4.69, 9.17) is 5.11 Å². The Balaban J connectivity index is 2.11. The normalized spacial score (nSPS) is 10.1. The number of anilines is 1. The number of benzene rings is 1. The van der Waals surface area contributed by atoms with Gasteiger partial charge in [-0.25, -0.2) is 9.59 Å². The highest BCUT2D eigenvalue weighted by atomic mass is 16.4. The minimum Gasteiger partial charge on any atom is -0.478 e. The number of rotatable bonds is 4. The predicted molar refractivity (Wildman–Crippen MR) is 73.4 cm³/mol. The standard InChI is InChI=1S/C13H11N3O5/c17-10(5-9-6-11(18)16-13(21)15-9)14-8-3-1-2-7(4-8)12(19)20/h1-4,6H,5H2,(H,14,17)(H,19,20)(H2,15,16,18,21). The van der Waals surface area contributed by atoms with Gasteiger partial charge in [0.1, 0.15) is 0 Å². The number of aromatic nitrogens is 2. The van der Waals surface area contributed by atoms with Crippen molar-refractivity contribution >= 4 is 17.6 Å². The summed E-state index contributed by atoms with van der Waals surface area (Å²) in [6.07, 6.45) is -0.212. The topological polar surface area (TPSA) is 132 Å². The number of H-pyrrole nitrogens is 2. The highest BCUT2D eigenvalue weighted by molar-refractivity contribution is 5.94. The molecule has 21 heavy (non-hydrogen) atoms. The van der Waals surface area contributed by atoms with Crippen molar-refractivity contribution in [2.24, 2.45) is 0 Å². The second-order valence-corrected chi connectivity index (χ2v) is 4.22. The number of hydrogen-bond acceptors (Lipinski definition) is 4. The minimum absolute atomic E-state index is 0.0392. The lowest BCUT2D eigenvalue weighted by Gasteiger charge is -2.05. The maximum absolute atomic E-state index is 11.8. The van der Waals surface area contributed by atoms with Gasteiger partial charge in [-0.05, 0) is 18.2 Å². The smallest absolute Gasteiger partial charge is 0.335 e. The van der Waals surface area contributed by atoms with Gasteiger partial charge >= 0.3 is 11.7 Å². The van der Waals surface area contributed by atoms with E-state index in [1.807, 2.05) is 4.98 Å². The predicted octanol–water partition coefficient (Wildman–Crippen LogP) is -0.0574. The summed E-state index contributed by atoms with van der Waals surface area (Å²) in [5.74, 6) is -1.59. The maximum atomic E-state index is 11.8. The molecule has 2 rings (SSSR count). The molecule has 0 bridgehead atoms. The SMILES string of the molecule is O=C(Cc1cc(=O)[nH]c(=O)[nH]1)Nc1cccc(C(=O)O)c1. The largest absolute Gasteiger partial charge is 0.478 e. The fourth-order valence-corrected chi connectivity index (χ4v) is 1.72. The molecular formula is C13H11N3O5.